The third kappa shape index (κ3) is 5.11. The van der Waals surface area contributed by atoms with Gasteiger partial charge in [0.25, 0.3) is 0 Å². The van der Waals surface area contributed by atoms with Crippen molar-refractivity contribution in [2.24, 2.45) is 0 Å². The molecule has 2 aromatic heterocycles. The number of H-pyrrole nitrogens is 2. The normalized spacial score (nSPS) is 12.4. The molecule has 0 saturated heterocycles. The highest BCUT2D eigenvalue weighted by molar-refractivity contribution is 7.99. The lowest BCUT2D eigenvalue weighted by molar-refractivity contribution is 0.445. The molecule has 0 atom stereocenters. The van der Waals surface area contributed by atoms with E-state index in [0.29, 0.717) is 0 Å². The van der Waals surface area contributed by atoms with E-state index in [2.05, 4.69) is 100 Å². The van der Waals surface area contributed by atoms with Gasteiger partial charge in [-0.1, -0.05) is 89.7 Å². The maximum absolute atomic E-state index is 11.2. The number of phenolic OH excluding ortho intramolecular Hbond substituents is 2. The first kappa shape index (κ1) is 27.1. The van der Waals surface area contributed by atoms with Gasteiger partial charge in [0.2, 0.25) is 0 Å². The molecule has 0 aliphatic heterocycles. The Morgan fingerprint density at radius 3 is 1.29 bits per heavy atom. The topological polar surface area (TPSA) is 72.0 Å². The highest BCUT2D eigenvalue weighted by atomic mass is 32.2. The molecule has 208 valence electrons. The first-order chi connectivity index (χ1) is 19.4. The number of rotatable bonds is 4. The van der Waals surface area contributed by atoms with Crippen LogP contribution in [0.1, 0.15) is 52.7 Å². The van der Waals surface area contributed by atoms with Crippen molar-refractivity contribution in [1.29, 1.82) is 0 Å². The molecule has 0 aliphatic carbocycles. The van der Waals surface area contributed by atoms with Crippen LogP contribution in [0.25, 0.3) is 44.3 Å². The van der Waals surface area contributed by atoms with Crippen LogP contribution in [0.4, 0.5) is 0 Å². The second kappa shape index (κ2) is 9.78. The molecule has 2 heterocycles. The number of hydrogen-bond donors (Lipinski definition) is 4. The van der Waals surface area contributed by atoms with Crippen molar-refractivity contribution >= 4 is 33.6 Å². The summed E-state index contributed by atoms with van der Waals surface area (Å²) in [6.45, 7) is 12.7. The average Bonchev–Trinajstić information content (AvgIpc) is 3.53. The van der Waals surface area contributed by atoms with Crippen molar-refractivity contribution in [3.63, 3.8) is 0 Å². The minimum absolute atomic E-state index is 0.246. The van der Waals surface area contributed by atoms with Crippen LogP contribution in [0.2, 0.25) is 0 Å². The van der Waals surface area contributed by atoms with Crippen molar-refractivity contribution in [1.82, 2.24) is 9.97 Å². The lowest BCUT2D eigenvalue weighted by atomic mass is 9.85. The standard InChI is InChI=1S/C36H36N2O2S/c1-35(2,3)25-19-33(23(17-31(25)39)29-15-21-11-7-9-13-27(21)37-29)41-34-20-26(36(4,5)6)32(40)18-24(34)30-16-22-12-8-10-14-28(22)38-30/h7-20,37-40H,1-6H3. The molecule has 5 heteroatoms. The van der Waals surface area contributed by atoms with E-state index in [-0.39, 0.29) is 22.3 Å². The van der Waals surface area contributed by atoms with E-state index in [1.807, 2.05) is 36.4 Å². The van der Waals surface area contributed by atoms with Gasteiger partial charge in [0.05, 0.1) is 0 Å². The van der Waals surface area contributed by atoms with Crippen molar-refractivity contribution in [3.05, 3.63) is 96.1 Å². The Bertz CT molecular complexity index is 1710. The van der Waals surface area contributed by atoms with Gasteiger partial charge in [0.15, 0.2) is 0 Å². The first-order valence-electron chi connectivity index (χ1n) is 14.0. The Morgan fingerprint density at radius 1 is 0.537 bits per heavy atom. The minimum atomic E-state index is -0.246. The summed E-state index contributed by atoms with van der Waals surface area (Å²) < 4.78 is 0. The Labute approximate surface area is 245 Å². The predicted octanol–water partition coefficient (Wildman–Crippen LogP) is 10.1. The summed E-state index contributed by atoms with van der Waals surface area (Å²) >= 11 is 1.67. The highest BCUT2D eigenvalue weighted by Crippen LogP contribution is 2.48. The molecule has 6 rings (SSSR count). The van der Waals surface area contributed by atoms with E-state index in [1.54, 1.807) is 11.8 Å². The SMILES string of the molecule is CC(C)(C)c1cc(Sc2cc(C(C)(C)C)c(O)cc2-c2cc3ccccc3[nH]2)c(-c2cc3ccccc3[nH]2)cc1O. The molecular formula is C36H36N2O2S. The van der Waals surface area contributed by atoms with Crippen molar-refractivity contribution in [3.8, 4) is 34.0 Å². The summed E-state index contributed by atoms with van der Waals surface area (Å²) in [7, 11) is 0. The van der Waals surface area contributed by atoms with Crippen LogP contribution < -0.4 is 0 Å². The van der Waals surface area contributed by atoms with E-state index in [9.17, 15) is 10.2 Å². The van der Waals surface area contributed by atoms with Gasteiger partial charge in [-0.3, -0.25) is 0 Å². The van der Waals surface area contributed by atoms with Gasteiger partial charge in [0, 0.05) is 65.2 Å². The number of nitrogens with one attached hydrogen (secondary N) is 2. The predicted molar refractivity (Wildman–Crippen MR) is 172 cm³/mol. The van der Waals surface area contributed by atoms with Gasteiger partial charge in [-0.05, 0) is 59.4 Å². The minimum Gasteiger partial charge on any atom is -0.508 e. The summed E-state index contributed by atoms with van der Waals surface area (Å²) in [6.07, 6.45) is 0. The molecule has 0 fully saturated rings. The number of aromatic nitrogens is 2. The van der Waals surface area contributed by atoms with Crippen LogP contribution >= 0.6 is 11.8 Å². The number of para-hydroxylation sites is 2. The Morgan fingerprint density at radius 2 is 0.927 bits per heavy atom. The summed E-state index contributed by atoms with van der Waals surface area (Å²) in [6, 6.07) is 28.7. The zero-order valence-electron chi connectivity index (χ0n) is 24.4. The maximum Gasteiger partial charge on any atom is 0.120 e. The van der Waals surface area contributed by atoms with E-state index in [0.717, 1.165) is 65.2 Å². The number of benzene rings is 4. The zero-order valence-corrected chi connectivity index (χ0v) is 25.2. The van der Waals surface area contributed by atoms with Crippen LogP contribution in [0.15, 0.2) is 94.7 Å². The third-order valence-electron chi connectivity index (χ3n) is 7.67. The van der Waals surface area contributed by atoms with Gasteiger partial charge in [-0.2, -0.15) is 0 Å². The summed E-state index contributed by atoms with van der Waals surface area (Å²) in [5.41, 5.74) is 7.16. The highest BCUT2D eigenvalue weighted by Gasteiger charge is 2.25. The molecule has 41 heavy (non-hydrogen) atoms. The van der Waals surface area contributed by atoms with Crippen LogP contribution in [-0.2, 0) is 10.8 Å². The molecule has 0 unspecified atom stereocenters. The van der Waals surface area contributed by atoms with Gasteiger partial charge in [-0.25, -0.2) is 0 Å². The van der Waals surface area contributed by atoms with Crippen molar-refractivity contribution < 1.29 is 10.2 Å². The molecule has 0 bridgehead atoms. The zero-order chi connectivity index (χ0) is 29.1. The number of fused-ring (bicyclic) bond motifs is 2. The van der Waals surface area contributed by atoms with Crippen molar-refractivity contribution in [2.45, 2.75) is 62.2 Å². The van der Waals surface area contributed by atoms with E-state index < -0.39 is 0 Å². The summed E-state index contributed by atoms with van der Waals surface area (Å²) in [4.78, 5) is 9.18. The van der Waals surface area contributed by atoms with Crippen LogP contribution in [-0.4, -0.2) is 20.2 Å². The molecular weight excluding hydrogens is 524 g/mol. The molecule has 0 aliphatic rings. The van der Waals surface area contributed by atoms with Crippen LogP contribution in [0.3, 0.4) is 0 Å². The number of aromatic hydroxyl groups is 2. The van der Waals surface area contributed by atoms with E-state index in [1.165, 1.54) is 0 Å². The van der Waals surface area contributed by atoms with E-state index >= 15 is 0 Å². The van der Waals surface area contributed by atoms with E-state index in [4.69, 9.17) is 0 Å². The van der Waals surface area contributed by atoms with Gasteiger partial charge >= 0.3 is 0 Å². The molecule has 0 spiro atoms. The smallest absolute Gasteiger partial charge is 0.120 e. The number of phenols is 2. The van der Waals surface area contributed by atoms with Crippen molar-refractivity contribution in [2.75, 3.05) is 0 Å². The van der Waals surface area contributed by atoms with Crippen LogP contribution in [0.5, 0.6) is 11.5 Å². The van der Waals surface area contributed by atoms with Gasteiger partial charge in [-0.15, -0.1) is 0 Å². The van der Waals surface area contributed by atoms with Crippen LogP contribution in [0, 0.1) is 0 Å². The maximum atomic E-state index is 11.2. The quantitative estimate of drug-likeness (QED) is 0.173. The third-order valence-corrected chi connectivity index (χ3v) is 8.79. The first-order valence-corrected chi connectivity index (χ1v) is 14.8. The Hall–Kier alpha value is -4.09. The largest absolute Gasteiger partial charge is 0.508 e. The monoisotopic (exact) mass is 560 g/mol. The second-order valence-corrected chi connectivity index (χ2v) is 14.0. The molecule has 4 aromatic carbocycles. The molecule has 0 radical (unpaired) electrons. The Balaban J connectivity index is 1.59. The Kier molecular flexibility index (Phi) is 6.46. The summed E-state index contributed by atoms with van der Waals surface area (Å²) in [5, 5.41) is 24.6. The second-order valence-electron chi connectivity index (χ2n) is 12.9. The molecule has 6 aromatic rings. The van der Waals surface area contributed by atoms with Gasteiger partial charge < -0.3 is 20.2 Å². The fourth-order valence-corrected chi connectivity index (χ4v) is 6.63. The number of aromatic amines is 2. The summed E-state index contributed by atoms with van der Waals surface area (Å²) in [5.74, 6) is 0.569. The lowest BCUT2D eigenvalue weighted by Gasteiger charge is -2.25. The fourth-order valence-electron chi connectivity index (χ4n) is 5.48. The lowest BCUT2D eigenvalue weighted by Crippen LogP contribution is -2.12. The molecule has 4 N–H and O–H groups in total. The molecule has 4 nitrogen and oxygen atoms in total. The number of hydrogen-bond acceptors (Lipinski definition) is 3. The molecule has 0 amide bonds. The molecule has 0 saturated carbocycles. The van der Waals surface area contributed by atoms with Gasteiger partial charge in [0.1, 0.15) is 11.5 Å². The average molecular weight is 561 g/mol. The fraction of sp³-hybridized carbons (Fsp3) is 0.222.